The lowest BCUT2D eigenvalue weighted by Crippen LogP contribution is -2.46. The lowest BCUT2D eigenvalue weighted by molar-refractivity contribution is 0.357. The van der Waals surface area contributed by atoms with Crippen LogP contribution in [0.5, 0.6) is 11.5 Å². The van der Waals surface area contributed by atoms with E-state index in [1.165, 1.54) is 0 Å². The summed E-state index contributed by atoms with van der Waals surface area (Å²) in [7, 11) is 0. The number of piperazine rings is 1. The van der Waals surface area contributed by atoms with E-state index in [-0.39, 0.29) is 0 Å². The van der Waals surface area contributed by atoms with Crippen molar-refractivity contribution in [2.45, 2.75) is 0 Å². The minimum atomic E-state index is 0.854. The number of ether oxygens (including phenoxy) is 1. The largest absolute Gasteiger partial charge is 0.453 e. The van der Waals surface area contributed by atoms with Crippen LogP contribution in [0, 0.1) is 0 Å². The first kappa shape index (κ1) is 11.9. The number of hydrogen-bond acceptors (Lipinski definition) is 5. The molecular formula is C15H15N3OS. The number of aliphatic imine (C=N–C) groups is 1. The molecule has 1 aromatic carbocycles. The number of para-hydroxylation sites is 1. The molecule has 0 spiro atoms. The number of hydrogen-bond donors (Lipinski definition) is 1. The van der Waals surface area contributed by atoms with Crippen LogP contribution >= 0.6 is 11.3 Å². The monoisotopic (exact) mass is 285 g/mol. The molecule has 2 aliphatic heterocycles. The molecular weight excluding hydrogens is 270 g/mol. The van der Waals surface area contributed by atoms with E-state index < -0.39 is 0 Å². The van der Waals surface area contributed by atoms with Gasteiger partial charge in [-0.2, -0.15) is 0 Å². The molecule has 5 heteroatoms. The van der Waals surface area contributed by atoms with Gasteiger partial charge in [-0.15, -0.1) is 11.3 Å². The van der Waals surface area contributed by atoms with Crippen LogP contribution in [0.15, 0.2) is 40.0 Å². The number of nitrogens with zero attached hydrogens (tertiary/aromatic N) is 2. The summed E-state index contributed by atoms with van der Waals surface area (Å²) < 4.78 is 6.02. The second kappa shape index (κ2) is 4.92. The van der Waals surface area contributed by atoms with Crippen molar-refractivity contribution in [1.82, 2.24) is 10.2 Å². The van der Waals surface area contributed by atoms with Gasteiger partial charge in [0.1, 0.15) is 17.3 Å². The van der Waals surface area contributed by atoms with Gasteiger partial charge in [0.2, 0.25) is 0 Å². The highest BCUT2D eigenvalue weighted by atomic mass is 32.1. The van der Waals surface area contributed by atoms with Gasteiger partial charge in [0, 0.05) is 36.9 Å². The Labute approximate surface area is 121 Å². The molecule has 0 bridgehead atoms. The molecule has 0 radical (unpaired) electrons. The molecule has 0 amide bonds. The highest BCUT2D eigenvalue weighted by Crippen LogP contribution is 2.40. The number of amidine groups is 1. The predicted molar refractivity (Wildman–Crippen MR) is 81.5 cm³/mol. The molecule has 4 nitrogen and oxygen atoms in total. The van der Waals surface area contributed by atoms with E-state index in [0.29, 0.717) is 0 Å². The maximum Gasteiger partial charge on any atom is 0.163 e. The van der Waals surface area contributed by atoms with Crippen LogP contribution in [0.2, 0.25) is 0 Å². The second-order valence-electron chi connectivity index (χ2n) is 4.89. The fourth-order valence-electron chi connectivity index (χ4n) is 2.59. The van der Waals surface area contributed by atoms with Gasteiger partial charge in [-0.05, 0) is 12.1 Å². The average molecular weight is 285 g/mol. The number of nitrogens with one attached hydrogen (secondary N) is 1. The normalized spacial score (nSPS) is 17.6. The highest BCUT2D eigenvalue weighted by Gasteiger charge is 2.23. The van der Waals surface area contributed by atoms with Gasteiger partial charge in [-0.3, -0.25) is 0 Å². The Morgan fingerprint density at radius 2 is 1.95 bits per heavy atom. The lowest BCUT2D eigenvalue weighted by atomic mass is 10.1. The molecule has 20 heavy (non-hydrogen) atoms. The predicted octanol–water partition coefficient (Wildman–Crippen LogP) is 2.84. The van der Waals surface area contributed by atoms with Gasteiger partial charge in [0.25, 0.3) is 0 Å². The Hall–Kier alpha value is -1.85. The first-order valence-corrected chi connectivity index (χ1v) is 7.74. The minimum absolute atomic E-state index is 0.854. The van der Waals surface area contributed by atoms with E-state index in [1.807, 2.05) is 29.0 Å². The first-order chi connectivity index (χ1) is 9.92. The molecule has 1 fully saturated rings. The second-order valence-corrected chi connectivity index (χ2v) is 5.64. The SMILES string of the molecule is c1ccc2c(c1)Oc1cscc1N=C2N1CCNCC1. The maximum atomic E-state index is 6.02. The summed E-state index contributed by atoms with van der Waals surface area (Å²) in [5.41, 5.74) is 2.01. The van der Waals surface area contributed by atoms with Crippen LogP contribution in [-0.2, 0) is 0 Å². The van der Waals surface area contributed by atoms with Crippen molar-refractivity contribution in [1.29, 1.82) is 0 Å². The third-order valence-corrected chi connectivity index (χ3v) is 4.31. The molecule has 0 saturated carbocycles. The van der Waals surface area contributed by atoms with Crippen molar-refractivity contribution in [2.75, 3.05) is 26.2 Å². The Balaban J connectivity index is 1.85. The van der Waals surface area contributed by atoms with E-state index in [1.54, 1.807) is 11.3 Å². The van der Waals surface area contributed by atoms with E-state index >= 15 is 0 Å². The Kier molecular flexibility index (Phi) is 2.94. The Bertz CT molecular complexity index is 659. The van der Waals surface area contributed by atoms with Crippen molar-refractivity contribution < 1.29 is 4.74 Å². The molecule has 0 unspecified atom stereocenters. The number of rotatable bonds is 0. The molecule has 0 atom stereocenters. The highest BCUT2D eigenvalue weighted by molar-refractivity contribution is 7.08. The van der Waals surface area contributed by atoms with Crippen molar-refractivity contribution >= 4 is 22.9 Å². The quantitative estimate of drug-likeness (QED) is 0.808. The first-order valence-electron chi connectivity index (χ1n) is 6.79. The zero-order chi connectivity index (χ0) is 13.4. The topological polar surface area (TPSA) is 36.9 Å². The summed E-state index contributed by atoms with van der Waals surface area (Å²) in [6.45, 7) is 3.95. The summed E-state index contributed by atoms with van der Waals surface area (Å²) in [5, 5.41) is 7.44. The van der Waals surface area contributed by atoms with Crippen LogP contribution in [0.1, 0.15) is 5.56 Å². The summed E-state index contributed by atoms with van der Waals surface area (Å²) in [4.78, 5) is 7.20. The Morgan fingerprint density at radius 1 is 1.10 bits per heavy atom. The summed E-state index contributed by atoms with van der Waals surface area (Å²) in [6.07, 6.45) is 0. The molecule has 2 aromatic rings. The van der Waals surface area contributed by atoms with Crippen LogP contribution in [0.3, 0.4) is 0 Å². The van der Waals surface area contributed by atoms with E-state index in [0.717, 1.165) is 54.8 Å². The van der Waals surface area contributed by atoms with Gasteiger partial charge in [-0.1, -0.05) is 12.1 Å². The third-order valence-electron chi connectivity index (χ3n) is 3.60. The lowest BCUT2D eigenvalue weighted by Gasteiger charge is -2.30. The standard InChI is InChI=1S/C15H15N3OS/c1-2-4-13-11(3-1)15(18-7-5-16-6-8-18)17-12-9-20-10-14(12)19-13/h1-4,9-10,16H,5-8H2. The van der Waals surface area contributed by atoms with Gasteiger partial charge in [-0.25, -0.2) is 4.99 Å². The van der Waals surface area contributed by atoms with E-state index in [4.69, 9.17) is 9.73 Å². The van der Waals surface area contributed by atoms with Crippen molar-refractivity contribution in [2.24, 2.45) is 4.99 Å². The van der Waals surface area contributed by atoms with Crippen LogP contribution in [-0.4, -0.2) is 36.9 Å². The molecule has 3 heterocycles. The van der Waals surface area contributed by atoms with Crippen molar-refractivity contribution in [3.05, 3.63) is 40.6 Å². The molecule has 4 rings (SSSR count). The molecule has 0 aliphatic carbocycles. The van der Waals surface area contributed by atoms with Gasteiger partial charge >= 0.3 is 0 Å². The molecule has 1 aromatic heterocycles. The fraction of sp³-hybridized carbons (Fsp3) is 0.267. The van der Waals surface area contributed by atoms with Crippen LogP contribution < -0.4 is 10.1 Å². The third kappa shape index (κ3) is 1.99. The zero-order valence-corrected chi connectivity index (χ0v) is 11.8. The molecule has 2 aliphatic rings. The summed E-state index contributed by atoms with van der Waals surface area (Å²) >= 11 is 1.63. The van der Waals surface area contributed by atoms with Gasteiger partial charge < -0.3 is 15.0 Å². The fourth-order valence-corrected chi connectivity index (χ4v) is 3.25. The van der Waals surface area contributed by atoms with Gasteiger partial charge in [0.15, 0.2) is 5.75 Å². The Morgan fingerprint density at radius 3 is 2.85 bits per heavy atom. The minimum Gasteiger partial charge on any atom is -0.453 e. The smallest absolute Gasteiger partial charge is 0.163 e. The number of benzene rings is 1. The van der Waals surface area contributed by atoms with Crippen molar-refractivity contribution in [3.63, 3.8) is 0 Å². The number of fused-ring (bicyclic) bond motifs is 2. The van der Waals surface area contributed by atoms with E-state index in [2.05, 4.69) is 16.3 Å². The van der Waals surface area contributed by atoms with E-state index in [9.17, 15) is 0 Å². The average Bonchev–Trinajstić information content (AvgIpc) is 2.87. The summed E-state index contributed by atoms with van der Waals surface area (Å²) in [5.74, 6) is 2.77. The van der Waals surface area contributed by atoms with Crippen LogP contribution in [0.4, 0.5) is 5.69 Å². The zero-order valence-electron chi connectivity index (χ0n) is 11.0. The maximum absolute atomic E-state index is 6.02. The molecule has 102 valence electrons. The molecule has 1 N–H and O–H groups in total. The van der Waals surface area contributed by atoms with Crippen molar-refractivity contribution in [3.8, 4) is 11.5 Å². The van der Waals surface area contributed by atoms with Gasteiger partial charge in [0.05, 0.1) is 5.56 Å². The number of thiophene rings is 1. The van der Waals surface area contributed by atoms with Crippen LogP contribution in [0.25, 0.3) is 0 Å². The summed E-state index contributed by atoms with van der Waals surface area (Å²) in [6, 6.07) is 8.15. The molecule has 1 saturated heterocycles.